The van der Waals surface area contributed by atoms with Crippen LogP contribution in [0.3, 0.4) is 0 Å². The van der Waals surface area contributed by atoms with E-state index in [2.05, 4.69) is 55.6 Å². The highest BCUT2D eigenvalue weighted by atomic mass is 16.3. The molecule has 0 aliphatic rings. The molecule has 0 saturated heterocycles. The molecule has 5 heteroatoms. The Morgan fingerprint density at radius 1 is 0.393 bits per heavy atom. The third kappa shape index (κ3) is 46.1. The van der Waals surface area contributed by atoms with Gasteiger partial charge in [0, 0.05) is 0 Å². The van der Waals surface area contributed by atoms with Crippen LogP contribution in [0.5, 0.6) is 0 Å². The van der Waals surface area contributed by atoms with Gasteiger partial charge in [-0.15, -0.1) is 0 Å². The first-order valence-electron chi connectivity index (χ1n) is 27.0. The van der Waals surface area contributed by atoms with Gasteiger partial charge in [0.1, 0.15) is 6.10 Å². The number of unbranched alkanes of at least 4 members (excludes halogenated alkanes) is 35. The summed E-state index contributed by atoms with van der Waals surface area (Å²) in [5.74, 6) is -0.516. The van der Waals surface area contributed by atoms with E-state index in [0.29, 0.717) is 6.42 Å². The summed E-state index contributed by atoms with van der Waals surface area (Å²) in [5, 5.41) is 33.2. The molecule has 0 radical (unpaired) electrons. The Hall–Kier alpha value is -1.69. The monoisotopic (exact) mass is 856 g/mol. The number of allylic oxidation sites excluding steroid dienone is 7. The highest BCUT2D eigenvalue weighted by Crippen LogP contribution is 2.17. The Balaban J connectivity index is 3.52. The third-order valence-corrected chi connectivity index (χ3v) is 12.4. The average Bonchev–Trinajstić information content (AvgIpc) is 3.26. The Kier molecular flexibility index (Phi) is 49.5. The molecule has 61 heavy (non-hydrogen) atoms. The average molecular weight is 856 g/mol. The molecule has 0 heterocycles. The molecular weight excluding hydrogens is 751 g/mol. The zero-order chi connectivity index (χ0) is 44.4. The number of hydrogen-bond acceptors (Lipinski definition) is 4. The molecule has 0 aromatic rings. The van der Waals surface area contributed by atoms with Crippen molar-refractivity contribution in [1.29, 1.82) is 0 Å². The van der Waals surface area contributed by atoms with E-state index in [9.17, 15) is 20.1 Å². The van der Waals surface area contributed by atoms with Crippen molar-refractivity contribution < 1.29 is 20.1 Å². The second-order valence-corrected chi connectivity index (χ2v) is 18.4. The van der Waals surface area contributed by atoms with E-state index >= 15 is 0 Å². The molecule has 0 rings (SSSR count). The van der Waals surface area contributed by atoms with Crippen LogP contribution in [0.2, 0.25) is 0 Å². The van der Waals surface area contributed by atoms with Gasteiger partial charge in [0.2, 0.25) is 5.91 Å². The number of aliphatic hydroxyl groups is 3. The molecule has 0 fully saturated rings. The van der Waals surface area contributed by atoms with Crippen molar-refractivity contribution in [2.75, 3.05) is 6.61 Å². The highest BCUT2D eigenvalue weighted by molar-refractivity contribution is 5.80. The molecule has 4 N–H and O–H groups in total. The molecule has 0 spiro atoms. The largest absolute Gasteiger partial charge is 0.394 e. The molecule has 0 aromatic heterocycles. The number of carbonyl (C=O) groups is 1. The lowest BCUT2D eigenvalue weighted by Gasteiger charge is -2.21. The Bertz CT molecular complexity index is 989. The van der Waals surface area contributed by atoms with Crippen LogP contribution in [0.1, 0.15) is 277 Å². The quantitative estimate of drug-likeness (QED) is 0.0362. The van der Waals surface area contributed by atoms with Crippen LogP contribution >= 0.6 is 0 Å². The maximum absolute atomic E-state index is 12.5. The summed E-state index contributed by atoms with van der Waals surface area (Å²) in [4.78, 5) is 12.5. The first-order chi connectivity index (χ1) is 30.1. The van der Waals surface area contributed by atoms with Crippen molar-refractivity contribution in [3.63, 3.8) is 0 Å². The van der Waals surface area contributed by atoms with Crippen LogP contribution in [-0.4, -0.2) is 46.1 Å². The van der Waals surface area contributed by atoms with E-state index in [-0.39, 0.29) is 6.61 Å². The van der Waals surface area contributed by atoms with Crippen molar-refractivity contribution >= 4 is 5.91 Å². The van der Waals surface area contributed by atoms with Gasteiger partial charge in [0.25, 0.3) is 0 Å². The van der Waals surface area contributed by atoms with Crippen LogP contribution in [-0.2, 0) is 4.79 Å². The maximum atomic E-state index is 12.5. The number of hydrogen-bond donors (Lipinski definition) is 4. The minimum Gasteiger partial charge on any atom is -0.394 e. The lowest BCUT2D eigenvalue weighted by Crippen LogP contribution is -2.48. The molecule has 0 saturated carbocycles. The van der Waals surface area contributed by atoms with E-state index in [4.69, 9.17) is 0 Å². The van der Waals surface area contributed by atoms with Gasteiger partial charge in [-0.2, -0.15) is 0 Å². The van der Waals surface area contributed by atoms with Gasteiger partial charge < -0.3 is 20.6 Å². The summed E-state index contributed by atoms with van der Waals surface area (Å²) in [7, 11) is 0. The standard InChI is InChI=1S/C56H105NO4/c1-3-5-7-9-11-13-15-17-18-19-20-21-22-23-24-25-26-27-28-29-30-31-32-33-34-35-36-37-39-41-43-45-47-49-51-55(60)56(61)57-53(52-58)54(59)50-48-46-44-42-40-38-16-14-12-10-8-6-4-2/h12,14,25-26,40,42,48,50,53-55,58-60H,3-11,13,15-24,27-39,41,43-47,49,51-52H2,1-2H3,(H,57,61)/b14-12+,26-25-,42-40+,50-48+. The van der Waals surface area contributed by atoms with Crippen molar-refractivity contribution in [2.24, 2.45) is 0 Å². The summed E-state index contributed by atoms with van der Waals surface area (Å²) < 4.78 is 0. The van der Waals surface area contributed by atoms with Crippen molar-refractivity contribution in [3.8, 4) is 0 Å². The number of rotatable bonds is 49. The molecule has 358 valence electrons. The van der Waals surface area contributed by atoms with Gasteiger partial charge in [-0.1, -0.05) is 255 Å². The summed E-state index contributed by atoms with van der Waals surface area (Å²) in [6.07, 6.45) is 67.7. The van der Waals surface area contributed by atoms with Gasteiger partial charge in [0.05, 0.1) is 18.8 Å². The van der Waals surface area contributed by atoms with Gasteiger partial charge in [-0.25, -0.2) is 0 Å². The minimum absolute atomic E-state index is 0.381. The second kappa shape index (κ2) is 50.9. The maximum Gasteiger partial charge on any atom is 0.249 e. The molecule has 0 aromatic carbocycles. The zero-order valence-electron chi connectivity index (χ0n) is 40.8. The summed E-state index contributed by atoms with van der Waals surface area (Å²) >= 11 is 0. The first-order valence-corrected chi connectivity index (χ1v) is 27.0. The SMILES string of the molecule is CCCCC/C=C/CC/C=C/CC/C=C/C(O)C(CO)NC(=O)C(O)CCCCCCCCCCCCCCCCCC/C=C\CCCCCCCCCCCCCCCC. The Morgan fingerprint density at radius 3 is 1.03 bits per heavy atom. The lowest BCUT2D eigenvalue weighted by atomic mass is 10.0. The number of nitrogens with one attached hydrogen (secondary N) is 1. The smallest absolute Gasteiger partial charge is 0.249 e. The van der Waals surface area contributed by atoms with E-state index in [1.807, 2.05) is 6.08 Å². The second-order valence-electron chi connectivity index (χ2n) is 18.4. The Morgan fingerprint density at radius 2 is 0.672 bits per heavy atom. The Labute approximate surface area is 380 Å². The number of amides is 1. The molecule has 0 bridgehead atoms. The van der Waals surface area contributed by atoms with Gasteiger partial charge in [-0.3, -0.25) is 4.79 Å². The molecule has 3 unspecified atom stereocenters. The fourth-order valence-corrected chi connectivity index (χ4v) is 8.15. The molecule has 0 aliphatic heterocycles. The van der Waals surface area contributed by atoms with Crippen LogP contribution in [0.4, 0.5) is 0 Å². The van der Waals surface area contributed by atoms with Crippen LogP contribution in [0.15, 0.2) is 48.6 Å². The summed E-state index contributed by atoms with van der Waals surface area (Å²) in [6, 6.07) is -0.820. The predicted molar refractivity (Wildman–Crippen MR) is 268 cm³/mol. The third-order valence-electron chi connectivity index (χ3n) is 12.4. The summed E-state index contributed by atoms with van der Waals surface area (Å²) in [5.41, 5.74) is 0. The van der Waals surface area contributed by atoms with E-state index in [0.717, 1.165) is 44.9 Å². The van der Waals surface area contributed by atoms with E-state index < -0.39 is 24.2 Å². The van der Waals surface area contributed by atoms with E-state index in [1.165, 1.54) is 212 Å². The predicted octanol–water partition coefficient (Wildman–Crippen LogP) is 16.4. The molecule has 5 nitrogen and oxygen atoms in total. The zero-order valence-corrected chi connectivity index (χ0v) is 40.8. The fraction of sp³-hybridized carbons (Fsp3) is 0.839. The minimum atomic E-state index is -1.11. The molecular formula is C56H105NO4. The number of aliphatic hydroxyl groups excluding tert-OH is 3. The number of carbonyl (C=O) groups excluding carboxylic acids is 1. The van der Waals surface area contributed by atoms with Gasteiger partial charge in [0.15, 0.2) is 0 Å². The summed E-state index contributed by atoms with van der Waals surface area (Å²) in [6.45, 7) is 4.14. The van der Waals surface area contributed by atoms with Crippen LogP contribution in [0.25, 0.3) is 0 Å². The highest BCUT2D eigenvalue weighted by Gasteiger charge is 2.22. The van der Waals surface area contributed by atoms with Crippen LogP contribution in [0, 0.1) is 0 Å². The van der Waals surface area contributed by atoms with Crippen molar-refractivity contribution in [3.05, 3.63) is 48.6 Å². The van der Waals surface area contributed by atoms with Crippen molar-refractivity contribution in [1.82, 2.24) is 5.32 Å². The normalized spacial score (nSPS) is 13.7. The first kappa shape index (κ1) is 59.3. The van der Waals surface area contributed by atoms with Crippen LogP contribution < -0.4 is 5.32 Å². The molecule has 3 atom stereocenters. The van der Waals surface area contributed by atoms with Crippen molar-refractivity contribution in [2.45, 2.75) is 295 Å². The molecule has 0 aliphatic carbocycles. The molecule has 1 amide bonds. The topological polar surface area (TPSA) is 89.8 Å². The van der Waals surface area contributed by atoms with Gasteiger partial charge >= 0.3 is 0 Å². The lowest BCUT2D eigenvalue weighted by molar-refractivity contribution is -0.131. The fourth-order valence-electron chi connectivity index (χ4n) is 8.15. The van der Waals surface area contributed by atoms with Gasteiger partial charge in [-0.05, 0) is 70.6 Å². The van der Waals surface area contributed by atoms with E-state index in [1.54, 1.807) is 6.08 Å².